The maximum absolute atomic E-state index is 12.1. The van der Waals surface area contributed by atoms with Gasteiger partial charge in [0.15, 0.2) is 0 Å². The number of para-hydroxylation sites is 1. The topological polar surface area (TPSA) is 50.7 Å². The normalized spacial score (nSPS) is 11.2. The SMILES string of the molecule is CCCNC(=O)c1ccsc1/N=C/c1ccccc1OCC(C)C. The third-order valence-corrected chi connectivity index (χ3v) is 4.06. The summed E-state index contributed by atoms with van der Waals surface area (Å²) in [6.07, 6.45) is 2.67. The van der Waals surface area contributed by atoms with Gasteiger partial charge in [-0.1, -0.05) is 32.9 Å². The van der Waals surface area contributed by atoms with Gasteiger partial charge in [-0.3, -0.25) is 4.79 Å². The molecular weight excluding hydrogens is 320 g/mol. The van der Waals surface area contributed by atoms with E-state index in [9.17, 15) is 4.79 Å². The lowest BCUT2D eigenvalue weighted by Gasteiger charge is -2.10. The first-order chi connectivity index (χ1) is 11.6. The summed E-state index contributed by atoms with van der Waals surface area (Å²) in [5, 5.41) is 5.48. The van der Waals surface area contributed by atoms with Crippen molar-refractivity contribution in [3.8, 4) is 5.75 Å². The zero-order chi connectivity index (χ0) is 17.4. The third-order valence-electron chi connectivity index (χ3n) is 3.24. The molecule has 0 unspecified atom stereocenters. The van der Waals surface area contributed by atoms with E-state index in [1.807, 2.05) is 42.6 Å². The first kappa shape index (κ1) is 18.2. The van der Waals surface area contributed by atoms with Gasteiger partial charge in [-0.05, 0) is 35.9 Å². The molecule has 0 aliphatic carbocycles. The molecule has 128 valence electrons. The fraction of sp³-hybridized carbons (Fsp3) is 0.368. The molecule has 0 aliphatic rings. The van der Waals surface area contributed by atoms with Crippen LogP contribution in [-0.4, -0.2) is 25.3 Å². The number of carbonyl (C=O) groups excluding carboxylic acids is 1. The van der Waals surface area contributed by atoms with Crippen molar-refractivity contribution in [2.45, 2.75) is 27.2 Å². The minimum atomic E-state index is -0.0745. The Hall–Kier alpha value is -2.14. The average Bonchev–Trinajstić information content (AvgIpc) is 3.05. The van der Waals surface area contributed by atoms with Crippen molar-refractivity contribution < 1.29 is 9.53 Å². The molecule has 4 nitrogen and oxygen atoms in total. The van der Waals surface area contributed by atoms with Gasteiger partial charge in [-0.2, -0.15) is 0 Å². The molecule has 1 N–H and O–H groups in total. The minimum Gasteiger partial charge on any atom is -0.493 e. The van der Waals surface area contributed by atoms with E-state index < -0.39 is 0 Å². The second-order valence-electron chi connectivity index (χ2n) is 5.90. The van der Waals surface area contributed by atoms with Crippen molar-refractivity contribution in [1.29, 1.82) is 0 Å². The van der Waals surface area contributed by atoms with E-state index >= 15 is 0 Å². The van der Waals surface area contributed by atoms with E-state index in [0.717, 1.165) is 17.7 Å². The van der Waals surface area contributed by atoms with Gasteiger partial charge in [0.1, 0.15) is 10.8 Å². The Kier molecular flexibility index (Phi) is 7.00. The number of thiophene rings is 1. The van der Waals surface area contributed by atoms with Gasteiger partial charge in [-0.25, -0.2) is 4.99 Å². The standard InChI is InChI=1S/C19H24N2O2S/c1-4-10-20-18(22)16-9-11-24-19(16)21-12-15-7-5-6-8-17(15)23-13-14(2)3/h5-9,11-12,14H,4,10,13H2,1-3H3,(H,20,22)/b21-12+. The molecule has 0 spiro atoms. The molecule has 1 heterocycles. The Morgan fingerprint density at radius 1 is 1.33 bits per heavy atom. The molecule has 2 rings (SSSR count). The quantitative estimate of drug-likeness (QED) is 0.707. The summed E-state index contributed by atoms with van der Waals surface area (Å²) >= 11 is 1.46. The highest BCUT2D eigenvalue weighted by Gasteiger charge is 2.11. The Balaban J connectivity index is 2.14. The van der Waals surface area contributed by atoms with Crippen LogP contribution >= 0.6 is 11.3 Å². The molecule has 0 fully saturated rings. The van der Waals surface area contributed by atoms with E-state index in [0.29, 0.717) is 29.6 Å². The van der Waals surface area contributed by atoms with Crippen LogP contribution in [0.4, 0.5) is 5.00 Å². The van der Waals surface area contributed by atoms with Crippen molar-refractivity contribution >= 4 is 28.5 Å². The Bertz CT molecular complexity index is 692. The summed E-state index contributed by atoms with van der Waals surface area (Å²) in [6.45, 7) is 7.59. The molecule has 24 heavy (non-hydrogen) atoms. The number of carbonyl (C=O) groups is 1. The fourth-order valence-corrected chi connectivity index (χ4v) is 2.75. The number of benzene rings is 1. The van der Waals surface area contributed by atoms with Crippen LogP contribution < -0.4 is 10.1 Å². The van der Waals surface area contributed by atoms with Gasteiger partial charge < -0.3 is 10.1 Å². The molecule has 0 atom stereocenters. The number of ether oxygens (including phenoxy) is 1. The predicted octanol–water partition coefficient (Wildman–Crippen LogP) is 4.67. The molecule has 5 heteroatoms. The largest absolute Gasteiger partial charge is 0.493 e. The molecular formula is C19H24N2O2S. The van der Waals surface area contributed by atoms with Crippen molar-refractivity contribution in [3.63, 3.8) is 0 Å². The van der Waals surface area contributed by atoms with Crippen LogP contribution in [0.2, 0.25) is 0 Å². The molecule has 0 bridgehead atoms. The number of rotatable bonds is 8. The maximum atomic E-state index is 12.1. The highest BCUT2D eigenvalue weighted by Crippen LogP contribution is 2.27. The van der Waals surface area contributed by atoms with E-state index in [1.165, 1.54) is 11.3 Å². The van der Waals surface area contributed by atoms with E-state index in [-0.39, 0.29) is 5.91 Å². The van der Waals surface area contributed by atoms with Crippen LogP contribution in [0.3, 0.4) is 0 Å². The van der Waals surface area contributed by atoms with E-state index in [2.05, 4.69) is 24.2 Å². The zero-order valence-electron chi connectivity index (χ0n) is 14.4. The number of aliphatic imine (C=N–C) groups is 1. The summed E-state index contributed by atoms with van der Waals surface area (Å²) in [5.74, 6) is 1.19. The molecule has 0 aliphatic heterocycles. The first-order valence-electron chi connectivity index (χ1n) is 8.23. The zero-order valence-corrected chi connectivity index (χ0v) is 15.2. The molecule has 1 amide bonds. The molecule has 1 aromatic carbocycles. The van der Waals surface area contributed by atoms with Crippen LogP contribution in [0, 0.1) is 5.92 Å². The average molecular weight is 344 g/mol. The van der Waals surface area contributed by atoms with Crippen LogP contribution in [0.15, 0.2) is 40.7 Å². The lowest BCUT2D eigenvalue weighted by molar-refractivity contribution is 0.0955. The van der Waals surface area contributed by atoms with E-state index in [1.54, 1.807) is 6.21 Å². The Morgan fingerprint density at radius 3 is 2.88 bits per heavy atom. The number of hydrogen-bond donors (Lipinski definition) is 1. The second-order valence-corrected chi connectivity index (χ2v) is 6.79. The molecule has 0 radical (unpaired) electrons. The molecule has 1 aromatic heterocycles. The third kappa shape index (κ3) is 5.20. The predicted molar refractivity (Wildman–Crippen MR) is 101 cm³/mol. The highest BCUT2D eigenvalue weighted by atomic mass is 32.1. The summed E-state index contributed by atoms with van der Waals surface area (Å²) < 4.78 is 5.83. The van der Waals surface area contributed by atoms with Crippen LogP contribution in [-0.2, 0) is 0 Å². The maximum Gasteiger partial charge on any atom is 0.254 e. The lowest BCUT2D eigenvalue weighted by Crippen LogP contribution is -2.23. The molecule has 2 aromatic rings. The van der Waals surface area contributed by atoms with Crippen molar-refractivity contribution in [1.82, 2.24) is 5.32 Å². The monoisotopic (exact) mass is 344 g/mol. The summed E-state index contributed by atoms with van der Waals surface area (Å²) in [7, 11) is 0. The number of nitrogens with zero attached hydrogens (tertiary/aromatic N) is 1. The Morgan fingerprint density at radius 2 is 2.12 bits per heavy atom. The number of amides is 1. The molecule has 0 saturated carbocycles. The van der Waals surface area contributed by atoms with Crippen molar-refractivity contribution in [2.24, 2.45) is 10.9 Å². The highest BCUT2D eigenvalue weighted by molar-refractivity contribution is 7.14. The van der Waals surface area contributed by atoms with E-state index in [4.69, 9.17) is 4.74 Å². The van der Waals surface area contributed by atoms with Gasteiger partial charge in [0.05, 0.1) is 12.2 Å². The summed E-state index contributed by atoms with van der Waals surface area (Å²) in [5.41, 5.74) is 1.52. The number of hydrogen-bond acceptors (Lipinski definition) is 4. The second kappa shape index (κ2) is 9.23. The smallest absolute Gasteiger partial charge is 0.254 e. The van der Waals surface area contributed by atoms with Crippen LogP contribution in [0.5, 0.6) is 5.75 Å². The number of nitrogens with one attached hydrogen (secondary N) is 1. The Labute approximate surface area is 147 Å². The lowest BCUT2D eigenvalue weighted by atomic mass is 10.2. The fourth-order valence-electron chi connectivity index (χ4n) is 2.01. The van der Waals surface area contributed by atoms with Gasteiger partial charge >= 0.3 is 0 Å². The van der Waals surface area contributed by atoms with Gasteiger partial charge in [0.2, 0.25) is 0 Å². The van der Waals surface area contributed by atoms with Crippen molar-refractivity contribution in [2.75, 3.05) is 13.2 Å². The summed E-state index contributed by atoms with van der Waals surface area (Å²) in [4.78, 5) is 16.6. The van der Waals surface area contributed by atoms with Crippen molar-refractivity contribution in [3.05, 3.63) is 46.8 Å². The van der Waals surface area contributed by atoms with Crippen LogP contribution in [0.25, 0.3) is 0 Å². The van der Waals surface area contributed by atoms with Crippen LogP contribution in [0.1, 0.15) is 43.1 Å². The first-order valence-corrected chi connectivity index (χ1v) is 9.11. The van der Waals surface area contributed by atoms with Gasteiger partial charge in [-0.15, -0.1) is 11.3 Å². The minimum absolute atomic E-state index is 0.0745. The van der Waals surface area contributed by atoms with Gasteiger partial charge in [0, 0.05) is 18.3 Å². The van der Waals surface area contributed by atoms with Gasteiger partial charge in [0.25, 0.3) is 5.91 Å². The molecule has 0 saturated heterocycles. The summed E-state index contributed by atoms with van der Waals surface area (Å²) in [6, 6.07) is 9.61.